The smallest absolute Gasteiger partial charge is 0.0391 e. The van der Waals surface area contributed by atoms with Gasteiger partial charge in [-0.3, -0.25) is 0 Å². The Bertz CT molecular complexity index is 626. The Labute approximate surface area is 132 Å². The Morgan fingerprint density at radius 1 is 1.29 bits per heavy atom. The van der Waals surface area contributed by atoms with E-state index in [4.69, 9.17) is 0 Å². The molecule has 0 saturated heterocycles. The van der Waals surface area contributed by atoms with Gasteiger partial charge in [0.1, 0.15) is 0 Å². The third-order valence-corrected chi connectivity index (χ3v) is 6.42. The second-order valence-corrected chi connectivity index (χ2v) is 8.52. The van der Waals surface area contributed by atoms with Gasteiger partial charge in [-0.05, 0) is 55.5 Å². The molecule has 2 aromatic rings. The van der Waals surface area contributed by atoms with Crippen molar-refractivity contribution in [1.82, 2.24) is 5.32 Å². The maximum Gasteiger partial charge on any atom is 0.0391 e. The van der Waals surface area contributed by atoms with Crippen LogP contribution in [0.5, 0.6) is 0 Å². The van der Waals surface area contributed by atoms with Crippen molar-refractivity contribution in [3.8, 4) is 0 Å². The minimum atomic E-state index is 0.460. The van der Waals surface area contributed by atoms with Crippen LogP contribution in [0, 0.1) is 12.3 Å². The molecule has 21 heavy (non-hydrogen) atoms. The zero-order chi connectivity index (χ0) is 15.0. The fraction of sp³-hybridized carbons (Fsp3) is 0.579. The molecule has 2 atom stereocenters. The van der Waals surface area contributed by atoms with E-state index in [0.29, 0.717) is 17.5 Å². The number of hydrogen-bond acceptors (Lipinski definition) is 2. The molecule has 1 nitrogen and oxygen atoms in total. The first-order valence-electron chi connectivity index (χ1n) is 8.20. The Hall–Kier alpha value is -0.860. The highest BCUT2D eigenvalue weighted by Gasteiger charge is 2.29. The molecule has 1 saturated carbocycles. The fourth-order valence-electron chi connectivity index (χ4n) is 3.88. The SMILES string of the molecule is Cc1c(C(C)NC2CCCC(C)(C)C2)sc2ccccc12. The summed E-state index contributed by atoms with van der Waals surface area (Å²) in [6.45, 7) is 9.43. The van der Waals surface area contributed by atoms with Crippen molar-refractivity contribution in [1.29, 1.82) is 0 Å². The summed E-state index contributed by atoms with van der Waals surface area (Å²) in [7, 11) is 0. The first-order chi connectivity index (χ1) is 9.96. The molecule has 1 heterocycles. The average Bonchev–Trinajstić information content (AvgIpc) is 2.76. The van der Waals surface area contributed by atoms with Gasteiger partial charge < -0.3 is 5.32 Å². The van der Waals surface area contributed by atoms with Crippen LogP contribution in [0.15, 0.2) is 24.3 Å². The summed E-state index contributed by atoms with van der Waals surface area (Å²) in [5.41, 5.74) is 1.97. The van der Waals surface area contributed by atoms with Gasteiger partial charge in [0, 0.05) is 21.7 Å². The monoisotopic (exact) mass is 301 g/mol. The highest BCUT2D eigenvalue weighted by Crippen LogP contribution is 2.38. The van der Waals surface area contributed by atoms with Gasteiger partial charge in [-0.2, -0.15) is 0 Å². The van der Waals surface area contributed by atoms with E-state index < -0.39 is 0 Å². The molecule has 114 valence electrons. The van der Waals surface area contributed by atoms with Crippen LogP contribution in [0.3, 0.4) is 0 Å². The lowest BCUT2D eigenvalue weighted by atomic mass is 9.75. The molecule has 1 N–H and O–H groups in total. The first kappa shape index (κ1) is 15.1. The van der Waals surface area contributed by atoms with Gasteiger partial charge in [0.05, 0.1) is 0 Å². The van der Waals surface area contributed by atoms with E-state index in [1.165, 1.54) is 46.2 Å². The van der Waals surface area contributed by atoms with Crippen molar-refractivity contribution in [2.45, 2.75) is 65.5 Å². The average molecular weight is 301 g/mol. The quantitative estimate of drug-likeness (QED) is 0.752. The Morgan fingerprint density at radius 2 is 2.05 bits per heavy atom. The van der Waals surface area contributed by atoms with E-state index in [9.17, 15) is 0 Å². The van der Waals surface area contributed by atoms with Crippen LogP contribution in [-0.2, 0) is 0 Å². The normalized spacial score (nSPS) is 23.3. The molecule has 2 heteroatoms. The zero-order valence-corrected chi connectivity index (χ0v) is 14.5. The molecule has 3 rings (SSSR count). The van der Waals surface area contributed by atoms with Crippen LogP contribution < -0.4 is 5.32 Å². The minimum absolute atomic E-state index is 0.460. The molecule has 1 fully saturated rings. The van der Waals surface area contributed by atoms with Crippen molar-refractivity contribution in [2.75, 3.05) is 0 Å². The van der Waals surface area contributed by atoms with E-state index in [-0.39, 0.29) is 0 Å². The van der Waals surface area contributed by atoms with Crippen molar-refractivity contribution < 1.29 is 0 Å². The molecule has 0 spiro atoms. The number of hydrogen-bond donors (Lipinski definition) is 1. The van der Waals surface area contributed by atoms with Crippen molar-refractivity contribution in [3.05, 3.63) is 34.7 Å². The summed E-state index contributed by atoms with van der Waals surface area (Å²) in [6.07, 6.45) is 5.38. The van der Waals surface area contributed by atoms with E-state index in [0.717, 1.165) is 0 Å². The number of thiophene rings is 1. The van der Waals surface area contributed by atoms with Crippen LogP contribution in [-0.4, -0.2) is 6.04 Å². The summed E-state index contributed by atoms with van der Waals surface area (Å²) in [4.78, 5) is 1.51. The fourth-order valence-corrected chi connectivity index (χ4v) is 5.10. The predicted octanol–water partition coefficient (Wildman–Crippen LogP) is 5.83. The first-order valence-corrected chi connectivity index (χ1v) is 9.02. The van der Waals surface area contributed by atoms with Crippen LogP contribution in [0.2, 0.25) is 0 Å². The number of benzene rings is 1. The lowest BCUT2D eigenvalue weighted by Crippen LogP contribution is -2.38. The standard InChI is InChI=1S/C19H27NS/c1-13-16-9-5-6-10-17(16)21-18(13)14(2)20-15-8-7-11-19(3,4)12-15/h5-6,9-10,14-15,20H,7-8,11-12H2,1-4H3. The van der Waals surface area contributed by atoms with Crippen molar-refractivity contribution >= 4 is 21.4 Å². The highest BCUT2D eigenvalue weighted by atomic mass is 32.1. The molecule has 1 aromatic heterocycles. The topological polar surface area (TPSA) is 12.0 Å². The molecule has 1 aromatic carbocycles. The lowest BCUT2D eigenvalue weighted by Gasteiger charge is -2.37. The molecule has 0 bridgehead atoms. The van der Waals surface area contributed by atoms with E-state index in [1.807, 2.05) is 11.3 Å². The lowest BCUT2D eigenvalue weighted by molar-refractivity contribution is 0.191. The molecule has 1 aliphatic rings. The number of aryl methyl sites for hydroxylation is 1. The second kappa shape index (κ2) is 5.73. The summed E-state index contributed by atoms with van der Waals surface area (Å²) >= 11 is 1.96. The van der Waals surface area contributed by atoms with Gasteiger partial charge in [-0.1, -0.05) is 38.5 Å². The predicted molar refractivity (Wildman–Crippen MR) is 94.1 cm³/mol. The third-order valence-electron chi connectivity index (χ3n) is 4.96. The van der Waals surface area contributed by atoms with Gasteiger partial charge in [0.15, 0.2) is 0 Å². The Morgan fingerprint density at radius 3 is 2.76 bits per heavy atom. The summed E-state index contributed by atoms with van der Waals surface area (Å²) in [5.74, 6) is 0. The molecule has 1 aliphatic carbocycles. The molecule has 0 amide bonds. The summed E-state index contributed by atoms with van der Waals surface area (Å²) in [5, 5.41) is 5.33. The molecular weight excluding hydrogens is 274 g/mol. The number of nitrogens with one attached hydrogen (secondary N) is 1. The van der Waals surface area contributed by atoms with Crippen LogP contribution >= 0.6 is 11.3 Å². The van der Waals surface area contributed by atoms with Crippen molar-refractivity contribution in [2.24, 2.45) is 5.41 Å². The van der Waals surface area contributed by atoms with Crippen LogP contribution in [0.4, 0.5) is 0 Å². The van der Waals surface area contributed by atoms with Crippen molar-refractivity contribution in [3.63, 3.8) is 0 Å². The largest absolute Gasteiger partial charge is 0.307 e. The van der Waals surface area contributed by atoms with Crippen LogP contribution in [0.1, 0.15) is 62.9 Å². The van der Waals surface area contributed by atoms with Gasteiger partial charge >= 0.3 is 0 Å². The van der Waals surface area contributed by atoms with E-state index >= 15 is 0 Å². The summed E-state index contributed by atoms with van der Waals surface area (Å²) in [6, 6.07) is 9.92. The Kier molecular flexibility index (Phi) is 4.11. The maximum atomic E-state index is 3.90. The molecule has 2 unspecified atom stereocenters. The third kappa shape index (κ3) is 3.17. The second-order valence-electron chi connectivity index (χ2n) is 7.43. The maximum absolute atomic E-state index is 3.90. The van der Waals surface area contributed by atoms with Gasteiger partial charge in [0.2, 0.25) is 0 Å². The van der Waals surface area contributed by atoms with E-state index in [2.05, 4.69) is 57.3 Å². The Balaban J connectivity index is 1.78. The zero-order valence-electron chi connectivity index (χ0n) is 13.7. The van der Waals surface area contributed by atoms with Gasteiger partial charge in [-0.25, -0.2) is 0 Å². The summed E-state index contributed by atoms with van der Waals surface area (Å²) < 4.78 is 1.42. The van der Waals surface area contributed by atoms with E-state index in [1.54, 1.807) is 0 Å². The minimum Gasteiger partial charge on any atom is -0.307 e. The van der Waals surface area contributed by atoms with Gasteiger partial charge in [-0.15, -0.1) is 11.3 Å². The number of rotatable bonds is 3. The molecular formula is C19H27NS. The van der Waals surface area contributed by atoms with Crippen LogP contribution in [0.25, 0.3) is 10.1 Å². The molecule has 0 radical (unpaired) electrons. The number of fused-ring (bicyclic) bond motifs is 1. The van der Waals surface area contributed by atoms with Gasteiger partial charge in [0.25, 0.3) is 0 Å². The molecule has 0 aliphatic heterocycles. The highest BCUT2D eigenvalue weighted by molar-refractivity contribution is 7.19.